The number of hydrogen-bond acceptors (Lipinski definition) is 3. The number of nitrogens with one attached hydrogen (secondary N) is 1. The standard InChI is InChI=1S/C17H18ClF4N3O2/c1-5-9-10(18)15(25(4)24-9)17(26)23-6-8-11(19)13(21)16(27-7(2)3)14(22)12(8)20/h7H,5-6H2,1-4H3,(H,23,26). The predicted molar refractivity (Wildman–Crippen MR) is 90.8 cm³/mol. The molecule has 5 nitrogen and oxygen atoms in total. The van der Waals surface area contributed by atoms with Crippen molar-refractivity contribution in [2.45, 2.75) is 39.8 Å². The molecule has 0 aliphatic heterocycles. The van der Waals surface area contributed by atoms with Crippen LogP contribution in [0.5, 0.6) is 5.75 Å². The van der Waals surface area contributed by atoms with Gasteiger partial charge in [-0.1, -0.05) is 18.5 Å². The molecule has 10 heteroatoms. The van der Waals surface area contributed by atoms with Crippen molar-refractivity contribution in [1.29, 1.82) is 0 Å². The van der Waals surface area contributed by atoms with Gasteiger partial charge in [0, 0.05) is 19.2 Å². The fraction of sp³-hybridized carbons (Fsp3) is 0.412. The fourth-order valence-electron chi connectivity index (χ4n) is 2.43. The highest BCUT2D eigenvalue weighted by atomic mass is 35.5. The molecule has 0 fully saturated rings. The second kappa shape index (κ2) is 8.16. The first-order valence-electron chi connectivity index (χ1n) is 8.11. The van der Waals surface area contributed by atoms with Gasteiger partial charge < -0.3 is 10.1 Å². The lowest BCUT2D eigenvalue weighted by Gasteiger charge is -2.15. The molecule has 0 aliphatic rings. The van der Waals surface area contributed by atoms with Crippen molar-refractivity contribution in [2.75, 3.05) is 0 Å². The number of ether oxygens (including phenoxy) is 1. The number of benzene rings is 1. The third-order valence-electron chi connectivity index (χ3n) is 3.70. The van der Waals surface area contributed by atoms with Gasteiger partial charge in [-0.2, -0.15) is 13.9 Å². The quantitative estimate of drug-likeness (QED) is 0.583. The Hall–Kier alpha value is -2.29. The summed E-state index contributed by atoms with van der Waals surface area (Å²) in [6, 6.07) is 0. The van der Waals surface area contributed by atoms with Crippen LogP contribution in [0.1, 0.15) is 42.5 Å². The summed E-state index contributed by atoms with van der Waals surface area (Å²) in [7, 11) is 1.47. The molecule has 2 aromatic rings. The van der Waals surface area contributed by atoms with Gasteiger partial charge in [0.1, 0.15) is 5.69 Å². The van der Waals surface area contributed by atoms with E-state index in [2.05, 4.69) is 10.4 Å². The Morgan fingerprint density at radius 1 is 1.19 bits per heavy atom. The lowest BCUT2D eigenvalue weighted by atomic mass is 10.1. The van der Waals surface area contributed by atoms with Gasteiger partial charge in [0.05, 0.1) is 16.8 Å². The lowest BCUT2D eigenvalue weighted by molar-refractivity contribution is 0.0940. The zero-order chi connectivity index (χ0) is 20.5. The van der Waals surface area contributed by atoms with E-state index in [1.165, 1.54) is 25.6 Å². The van der Waals surface area contributed by atoms with Gasteiger partial charge in [0.15, 0.2) is 17.4 Å². The average molecular weight is 408 g/mol. The van der Waals surface area contributed by atoms with Crippen LogP contribution in [0.4, 0.5) is 17.6 Å². The maximum absolute atomic E-state index is 14.2. The summed E-state index contributed by atoms with van der Waals surface area (Å²) in [4.78, 5) is 12.3. The zero-order valence-corrected chi connectivity index (χ0v) is 15.8. The van der Waals surface area contributed by atoms with Crippen molar-refractivity contribution < 1.29 is 27.1 Å². The van der Waals surface area contributed by atoms with E-state index < -0.39 is 53.1 Å². The summed E-state index contributed by atoms with van der Waals surface area (Å²) in [5.74, 6) is -8.56. The van der Waals surface area contributed by atoms with Crippen molar-refractivity contribution in [3.8, 4) is 5.75 Å². The minimum Gasteiger partial charge on any atom is -0.485 e. The van der Waals surface area contributed by atoms with Gasteiger partial charge in [-0.25, -0.2) is 8.78 Å². The Balaban J connectivity index is 2.31. The Kier molecular flexibility index (Phi) is 6.35. The number of aromatic nitrogens is 2. The van der Waals surface area contributed by atoms with E-state index in [0.29, 0.717) is 12.1 Å². The molecule has 0 unspecified atom stereocenters. The molecule has 1 N–H and O–H groups in total. The van der Waals surface area contributed by atoms with Crippen molar-refractivity contribution in [3.05, 3.63) is 45.2 Å². The number of carbonyl (C=O) groups is 1. The molecule has 0 radical (unpaired) electrons. The number of aryl methyl sites for hydroxylation is 2. The molecule has 0 saturated heterocycles. The van der Waals surface area contributed by atoms with Crippen LogP contribution in [0.15, 0.2) is 0 Å². The molecule has 0 saturated carbocycles. The summed E-state index contributed by atoms with van der Waals surface area (Å²) >= 11 is 6.06. The van der Waals surface area contributed by atoms with Gasteiger partial charge in [0.25, 0.3) is 5.91 Å². The fourth-order valence-corrected chi connectivity index (χ4v) is 2.81. The van der Waals surface area contributed by atoms with Gasteiger partial charge in [0.2, 0.25) is 11.6 Å². The summed E-state index contributed by atoms with van der Waals surface area (Å²) in [6.07, 6.45) is -0.227. The van der Waals surface area contributed by atoms with Crippen LogP contribution in [-0.2, 0) is 20.0 Å². The minimum absolute atomic E-state index is 0.0324. The van der Waals surface area contributed by atoms with Crippen molar-refractivity contribution in [3.63, 3.8) is 0 Å². The molecular formula is C17H18ClF4N3O2. The highest BCUT2D eigenvalue weighted by molar-refractivity contribution is 6.34. The SMILES string of the molecule is CCc1nn(C)c(C(=O)NCc2c(F)c(F)c(OC(C)C)c(F)c2F)c1Cl. The highest BCUT2D eigenvalue weighted by Crippen LogP contribution is 2.31. The highest BCUT2D eigenvalue weighted by Gasteiger charge is 2.28. The largest absolute Gasteiger partial charge is 0.485 e. The molecule has 1 aromatic carbocycles. The first kappa shape index (κ1) is 21.0. The molecule has 148 valence electrons. The van der Waals surface area contributed by atoms with Crippen molar-refractivity contribution in [2.24, 2.45) is 7.05 Å². The van der Waals surface area contributed by atoms with Gasteiger partial charge in [-0.15, -0.1) is 0 Å². The van der Waals surface area contributed by atoms with Gasteiger partial charge in [-0.05, 0) is 20.3 Å². The van der Waals surface area contributed by atoms with E-state index in [1.807, 2.05) is 0 Å². The second-order valence-electron chi connectivity index (χ2n) is 6.00. The van der Waals surface area contributed by atoms with E-state index in [1.54, 1.807) is 6.92 Å². The first-order chi connectivity index (χ1) is 12.6. The third-order valence-corrected chi connectivity index (χ3v) is 4.10. The molecule has 0 atom stereocenters. The van der Waals surface area contributed by atoms with Crippen molar-refractivity contribution in [1.82, 2.24) is 15.1 Å². The second-order valence-corrected chi connectivity index (χ2v) is 6.38. The maximum atomic E-state index is 14.2. The van der Waals surface area contributed by atoms with E-state index in [-0.39, 0.29) is 10.7 Å². The molecule has 1 aromatic heterocycles. The Labute approximate surface area is 158 Å². The van der Waals surface area contributed by atoms with Gasteiger partial charge >= 0.3 is 0 Å². The number of halogens is 5. The Morgan fingerprint density at radius 2 is 1.74 bits per heavy atom. The number of amides is 1. The monoisotopic (exact) mass is 407 g/mol. The van der Waals surface area contributed by atoms with Gasteiger partial charge in [-0.3, -0.25) is 9.48 Å². The smallest absolute Gasteiger partial charge is 0.271 e. The van der Waals surface area contributed by atoms with Crippen LogP contribution >= 0.6 is 11.6 Å². The van der Waals surface area contributed by atoms with Crippen LogP contribution in [0, 0.1) is 23.3 Å². The normalized spacial score (nSPS) is 11.2. The molecule has 0 aliphatic carbocycles. The van der Waals surface area contributed by atoms with Crippen molar-refractivity contribution >= 4 is 17.5 Å². The summed E-state index contributed by atoms with van der Waals surface area (Å²) in [5.41, 5.74) is -0.535. The van der Waals surface area contributed by atoms with Crippen LogP contribution in [-0.4, -0.2) is 21.8 Å². The Bertz CT molecular complexity index is 855. The van der Waals surface area contributed by atoms with Crippen LogP contribution in [0.2, 0.25) is 5.02 Å². The number of rotatable bonds is 6. The predicted octanol–water partition coefficient (Wildman–Crippen LogP) is 3.91. The number of hydrogen-bond donors (Lipinski definition) is 1. The number of nitrogens with zero attached hydrogens (tertiary/aromatic N) is 2. The van der Waals surface area contributed by atoms with Crippen LogP contribution in [0.3, 0.4) is 0 Å². The lowest BCUT2D eigenvalue weighted by Crippen LogP contribution is -2.27. The molecule has 2 rings (SSSR count). The minimum atomic E-state index is -1.67. The zero-order valence-electron chi connectivity index (χ0n) is 15.1. The summed E-state index contributed by atoms with van der Waals surface area (Å²) in [6.45, 7) is 3.89. The molecule has 27 heavy (non-hydrogen) atoms. The van der Waals surface area contributed by atoms with E-state index in [0.717, 1.165) is 0 Å². The molecule has 0 spiro atoms. The third kappa shape index (κ3) is 4.02. The molecule has 1 amide bonds. The average Bonchev–Trinajstić information content (AvgIpc) is 2.90. The van der Waals surface area contributed by atoms with Crippen LogP contribution in [0.25, 0.3) is 0 Å². The van der Waals surface area contributed by atoms with E-state index in [9.17, 15) is 22.4 Å². The molecular weight excluding hydrogens is 390 g/mol. The molecule has 1 heterocycles. The first-order valence-corrected chi connectivity index (χ1v) is 8.48. The van der Waals surface area contributed by atoms with E-state index in [4.69, 9.17) is 16.3 Å². The maximum Gasteiger partial charge on any atom is 0.271 e. The Morgan fingerprint density at radius 3 is 2.19 bits per heavy atom. The number of carbonyl (C=O) groups excluding carboxylic acids is 1. The van der Waals surface area contributed by atoms with E-state index >= 15 is 0 Å². The topological polar surface area (TPSA) is 56.2 Å². The van der Waals surface area contributed by atoms with Crippen LogP contribution < -0.4 is 10.1 Å². The summed E-state index contributed by atoms with van der Waals surface area (Å²) in [5, 5.41) is 6.33. The molecule has 0 bridgehead atoms. The summed E-state index contributed by atoms with van der Waals surface area (Å²) < 4.78 is 62.4.